The molecule has 1 aromatic heterocycles. The van der Waals surface area contributed by atoms with Crippen LogP contribution in [0.15, 0.2) is 36.5 Å². The molecule has 1 unspecified atom stereocenters. The van der Waals surface area contributed by atoms with Crippen LogP contribution in [0.4, 0.5) is 4.79 Å². The molecule has 0 saturated carbocycles. The van der Waals surface area contributed by atoms with Gasteiger partial charge < -0.3 is 14.8 Å². The second-order valence-electron chi connectivity index (χ2n) is 7.20. The zero-order chi connectivity index (χ0) is 18.7. The Hall–Kier alpha value is -3.07. The van der Waals surface area contributed by atoms with Gasteiger partial charge in [-0.1, -0.05) is 0 Å². The van der Waals surface area contributed by atoms with Crippen molar-refractivity contribution in [3.05, 3.63) is 53.3 Å². The highest BCUT2D eigenvalue weighted by Gasteiger charge is 2.26. The Morgan fingerprint density at radius 3 is 2.92 bits per heavy atom. The average Bonchev–Trinajstić information content (AvgIpc) is 2.74. The Kier molecular flexibility index (Phi) is 4.81. The molecule has 2 aromatic rings. The number of rotatable bonds is 2. The van der Waals surface area contributed by atoms with Crippen LogP contribution in [0.2, 0.25) is 0 Å². The summed E-state index contributed by atoms with van der Waals surface area (Å²) in [6, 6.07) is 11.2. The summed E-state index contributed by atoms with van der Waals surface area (Å²) in [7, 11) is 0. The number of carbonyl (C=O) groups excluding carboxylic acids is 1. The summed E-state index contributed by atoms with van der Waals surface area (Å²) >= 11 is 0. The molecule has 1 amide bonds. The number of nitrogens with zero attached hydrogens (tertiary/aromatic N) is 2. The number of carbonyl (C=O) groups is 1. The van der Waals surface area contributed by atoms with Crippen LogP contribution in [0, 0.1) is 11.3 Å². The van der Waals surface area contributed by atoms with Crippen molar-refractivity contribution in [1.82, 2.24) is 10.3 Å². The summed E-state index contributed by atoms with van der Waals surface area (Å²) < 4.78 is 11.3. The number of nitriles is 1. The molecule has 1 aliphatic rings. The zero-order valence-corrected chi connectivity index (χ0v) is 15.1. The number of ether oxygens (including phenoxy) is 2. The lowest BCUT2D eigenvalue weighted by Gasteiger charge is -2.22. The van der Waals surface area contributed by atoms with Crippen LogP contribution in [-0.2, 0) is 11.2 Å². The molecule has 6 nitrogen and oxygen atoms in total. The van der Waals surface area contributed by atoms with Gasteiger partial charge in [-0.2, -0.15) is 5.26 Å². The van der Waals surface area contributed by atoms with Crippen molar-refractivity contribution >= 4 is 6.09 Å². The van der Waals surface area contributed by atoms with Crippen molar-refractivity contribution in [3.8, 4) is 17.6 Å². The van der Waals surface area contributed by atoms with E-state index in [1.54, 1.807) is 18.3 Å². The minimum atomic E-state index is -0.559. The van der Waals surface area contributed by atoms with Gasteiger partial charge in [0.15, 0.2) is 0 Å². The summed E-state index contributed by atoms with van der Waals surface area (Å²) in [5, 5.41) is 12.0. The van der Waals surface area contributed by atoms with Crippen molar-refractivity contribution in [1.29, 1.82) is 5.26 Å². The number of nitrogens with one attached hydrogen (secondary N) is 1. The van der Waals surface area contributed by atoms with Gasteiger partial charge in [0, 0.05) is 30.6 Å². The molecule has 0 fully saturated rings. The van der Waals surface area contributed by atoms with Gasteiger partial charge in [0.1, 0.15) is 17.1 Å². The van der Waals surface area contributed by atoms with Crippen LogP contribution in [0.25, 0.3) is 0 Å². The molecule has 2 heterocycles. The van der Waals surface area contributed by atoms with Crippen LogP contribution in [-0.4, -0.2) is 23.2 Å². The van der Waals surface area contributed by atoms with E-state index in [0.717, 1.165) is 11.3 Å². The third-order valence-corrected chi connectivity index (χ3v) is 3.98. The molecule has 1 atom stereocenters. The number of pyridine rings is 1. The number of benzene rings is 1. The maximum absolute atomic E-state index is 12.0. The second-order valence-corrected chi connectivity index (χ2v) is 7.20. The fourth-order valence-corrected chi connectivity index (χ4v) is 2.86. The first-order valence-electron chi connectivity index (χ1n) is 8.48. The smallest absolute Gasteiger partial charge is 0.407 e. The Bertz CT molecular complexity index is 865. The Labute approximate surface area is 152 Å². The highest BCUT2D eigenvalue weighted by molar-refractivity contribution is 5.67. The van der Waals surface area contributed by atoms with Gasteiger partial charge >= 0.3 is 6.09 Å². The molecule has 134 valence electrons. The lowest BCUT2D eigenvalue weighted by Crippen LogP contribution is -2.35. The summed E-state index contributed by atoms with van der Waals surface area (Å²) in [6.07, 6.45) is 1.84. The summed E-state index contributed by atoms with van der Waals surface area (Å²) in [4.78, 5) is 16.4. The number of hydrogen-bond acceptors (Lipinski definition) is 5. The van der Waals surface area contributed by atoms with Gasteiger partial charge in [0.2, 0.25) is 0 Å². The van der Waals surface area contributed by atoms with Crippen molar-refractivity contribution < 1.29 is 14.3 Å². The monoisotopic (exact) mass is 351 g/mol. The quantitative estimate of drug-likeness (QED) is 0.887. The first-order valence-corrected chi connectivity index (χ1v) is 8.48. The Balaban J connectivity index is 1.88. The van der Waals surface area contributed by atoms with Gasteiger partial charge in [-0.05, 0) is 51.1 Å². The Morgan fingerprint density at radius 1 is 1.38 bits per heavy atom. The van der Waals surface area contributed by atoms with E-state index in [9.17, 15) is 10.1 Å². The summed E-state index contributed by atoms with van der Waals surface area (Å²) in [6.45, 7) is 5.82. The third kappa shape index (κ3) is 4.12. The SMILES string of the molecule is CC(C)(C)OC(=O)NCC1Cc2ncccc2Oc2ccc(C#N)cc21. The lowest BCUT2D eigenvalue weighted by molar-refractivity contribution is 0.0524. The van der Waals surface area contributed by atoms with Crippen LogP contribution >= 0.6 is 0 Å². The van der Waals surface area contributed by atoms with E-state index < -0.39 is 11.7 Å². The van der Waals surface area contributed by atoms with Crippen LogP contribution in [0.1, 0.15) is 43.5 Å². The lowest BCUT2D eigenvalue weighted by atomic mass is 9.92. The number of amides is 1. The average molecular weight is 351 g/mol. The highest BCUT2D eigenvalue weighted by Crippen LogP contribution is 2.38. The highest BCUT2D eigenvalue weighted by atomic mass is 16.6. The van der Waals surface area contributed by atoms with Crippen LogP contribution in [0.5, 0.6) is 11.5 Å². The van der Waals surface area contributed by atoms with Crippen LogP contribution in [0.3, 0.4) is 0 Å². The second kappa shape index (κ2) is 7.04. The molecule has 6 heteroatoms. The minimum absolute atomic E-state index is 0.0815. The molecule has 0 bridgehead atoms. The van der Waals surface area contributed by atoms with Crippen LogP contribution < -0.4 is 10.1 Å². The largest absolute Gasteiger partial charge is 0.455 e. The first kappa shape index (κ1) is 17.7. The number of aromatic nitrogens is 1. The van der Waals surface area contributed by atoms with Gasteiger partial charge in [-0.25, -0.2) is 4.79 Å². The zero-order valence-electron chi connectivity index (χ0n) is 15.1. The summed E-state index contributed by atoms with van der Waals surface area (Å²) in [5.41, 5.74) is 1.68. The number of alkyl carbamates (subject to hydrolysis) is 1. The van der Waals surface area contributed by atoms with E-state index in [1.807, 2.05) is 39.0 Å². The van der Waals surface area contributed by atoms with E-state index in [4.69, 9.17) is 9.47 Å². The molecule has 1 aliphatic heterocycles. The van der Waals surface area contributed by atoms with Gasteiger partial charge in [0.05, 0.1) is 17.3 Å². The predicted octanol–water partition coefficient (Wildman–Crippen LogP) is 3.91. The number of fused-ring (bicyclic) bond motifs is 2. The minimum Gasteiger partial charge on any atom is -0.455 e. The van der Waals surface area contributed by atoms with Crippen molar-refractivity contribution in [2.75, 3.05) is 6.54 Å². The molecular weight excluding hydrogens is 330 g/mol. The number of hydrogen-bond donors (Lipinski definition) is 1. The molecule has 0 saturated heterocycles. The van der Waals surface area contributed by atoms with E-state index in [2.05, 4.69) is 16.4 Å². The fourth-order valence-electron chi connectivity index (χ4n) is 2.86. The van der Waals surface area contributed by atoms with Crippen molar-refractivity contribution in [2.24, 2.45) is 0 Å². The van der Waals surface area contributed by atoms with E-state index >= 15 is 0 Å². The molecular formula is C20H21N3O3. The molecule has 1 aromatic carbocycles. The van der Waals surface area contributed by atoms with Gasteiger partial charge in [-0.3, -0.25) is 4.98 Å². The summed E-state index contributed by atoms with van der Waals surface area (Å²) in [5.74, 6) is 1.28. The molecule has 1 N–H and O–H groups in total. The maximum atomic E-state index is 12.0. The van der Waals surface area contributed by atoms with Gasteiger partial charge in [0.25, 0.3) is 0 Å². The topological polar surface area (TPSA) is 84.2 Å². The fraction of sp³-hybridized carbons (Fsp3) is 0.350. The van der Waals surface area contributed by atoms with Gasteiger partial charge in [-0.15, -0.1) is 0 Å². The molecule has 0 spiro atoms. The Morgan fingerprint density at radius 2 is 2.19 bits per heavy atom. The van der Waals surface area contributed by atoms with E-state index in [0.29, 0.717) is 30.0 Å². The predicted molar refractivity (Wildman–Crippen MR) is 96.1 cm³/mol. The molecule has 26 heavy (non-hydrogen) atoms. The van der Waals surface area contributed by atoms with Crippen molar-refractivity contribution in [3.63, 3.8) is 0 Å². The molecule has 0 aliphatic carbocycles. The van der Waals surface area contributed by atoms with E-state index in [-0.39, 0.29) is 5.92 Å². The standard InChI is InChI=1S/C20H21N3O3/c1-20(2,3)26-19(24)23-12-14-10-16-18(5-4-8-22-16)25-17-7-6-13(11-21)9-15(14)17/h4-9,14H,10,12H2,1-3H3,(H,23,24). The normalized spacial score (nSPS) is 15.5. The molecule has 0 radical (unpaired) electrons. The molecule has 3 rings (SSSR count). The van der Waals surface area contributed by atoms with E-state index in [1.165, 1.54) is 0 Å². The first-order chi connectivity index (χ1) is 12.4. The third-order valence-electron chi connectivity index (χ3n) is 3.98. The van der Waals surface area contributed by atoms with Crippen molar-refractivity contribution in [2.45, 2.75) is 38.7 Å². The maximum Gasteiger partial charge on any atom is 0.407 e.